The molecular formula is C20H28FN5O. The Bertz CT molecular complexity index is 739. The number of furan rings is 1. The summed E-state index contributed by atoms with van der Waals surface area (Å²) in [7, 11) is 5.86. The number of hydrogen-bond donors (Lipinski definition) is 1. The van der Waals surface area contributed by atoms with Crippen molar-refractivity contribution in [3.05, 3.63) is 54.2 Å². The van der Waals surface area contributed by atoms with Gasteiger partial charge < -0.3 is 19.5 Å². The number of hydrogen-bond acceptors (Lipinski definition) is 4. The number of aliphatic imine (C=N–C) groups is 1. The molecular weight excluding hydrogens is 345 g/mol. The van der Waals surface area contributed by atoms with E-state index in [2.05, 4.69) is 25.0 Å². The molecule has 2 heterocycles. The van der Waals surface area contributed by atoms with E-state index in [0.29, 0.717) is 12.2 Å². The minimum absolute atomic E-state index is 0.122. The SMILES string of the molecule is CN=C(NCC(c1ccco1)N(C)C)N1CCN(c2ccccc2F)CC1. The Morgan fingerprint density at radius 2 is 1.93 bits per heavy atom. The summed E-state index contributed by atoms with van der Waals surface area (Å²) in [5.74, 6) is 1.62. The third-order valence-corrected chi connectivity index (χ3v) is 4.93. The van der Waals surface area contributed by atoms with Gasteiger partial charge in [-0.1, -0.05) is 12.1 Å². The predicted octanol–water partition coefficient (Wildman–Crippen LogP) is 2.42. The van der Waals surface area contributed by atoms with E-state index in [1.165, 1.54) is 6.07 Å². The minimum atomic E-state index is -0.166. The smallest absolute Gasteiger partial charge is 0.193 e. The number of benzene rings is 1. The first-order valence-electron chi connectivity index (χ1n) is 9.25. The Morgan fingerprint density at radius 1 is 1.19 bits per heavy atom. The molecule has 0 aliphatic carbocycles. The Morgan fingerprint density at radius 3 is 2.52 bits per heavy atom. The summed E-state index contributed by atoms with van der Waals surface area (Å²) in [5, 5.41) is 3.46. The summed E-state index contributed by atoms with van der Waals surface area (Å²) in [4.78, 5) is 10.9. The number of nitrogens with zero attached hydrogens (tertiary/aromatic N) is 4. The van der Waals surface area contributed by atoms with Crippen LogP contribution in [0.15, 0.2) is 52.1 Å². The van der Waals surface area contributed by atoms with Gasteiger partial charge in [0.15, 0.2) is 5.96 Å². The van der Waals surface area contributed by atoms with Gasteiger partial charge in [-0.05, 0) is 38.4 Å². The zero-order valence-corrected chi connectivity index (χ0v) is 16.2. The largest absolute Gasteiger partial charge is 0.468 e. The number of piperazine rings is 1. The Hall–Kier alpha value is -2.54. The average Bonchev–Trinajstić information content (AvgIpc) is 3.20. The van der Waals surface area contributed by atoms with Gasteiger partial charge in [0, 0.05) is 39.8 Å². The molecule has 1 aromatic heterocycles. The van der Waals surface area contributed by atoms with Gasteiger partial charge in [-0.25, -0.2) is 4.39 Å². The Balaban J connectivity index is 1.57. The third kappa shape index (κ3) is 4.60. The fourth-order valence-electron chi connectivity index (χ4n) is 3.41. The van der Waals surface area contributed by atoms with Crippen LogP contribution in [0, 0.1) is 5.82 Å². The van der Waals surface area contributed by atoms with Crippen molar-refractivity contribution in [2.45, 2.75) is 6.04 Å². The maximum Gasteiger partial charge on any atom is 0.193 e. The summed E-state index contributed by atoms with van der Waals surface area (Å²) in [5.41, 5.74) is 0.672. The first-order valence-corrected chi connectivity index (χ1v) is 9.25. The van der Waals surface area contributed by atoms with E-state index in [4.69, 9.17) is 4.42 Å². The van der Waals surface area contributed by atoms with E-state index >= 15 is 0 Å². The summed E-state index contributed by atoms with van der Waals surface area (Å²) in [6.45, 7) is 3.80. The Kier molecular flexibility index (Phi) is 6.34. The van der Waals surface area contributed by atoms with Crippen molar-refractivity contribution in [3.63, 3.8) is 0 Å². The van der Waals surface area contributed by atoms with Crippen LogP contribution in [0.1, 0.15) is 11.8 Å². The van der Waals surface area contributed by atoms with Crippen molar-refractivity contribution in [3.8, 4) is 0 Å². The van der Waals surface area contributed by atoms with Gasteiger partial charge in [0.05, 0.1) is 18.0 Å². The first-order chi connectivity index (χ1) is 13.1. The number of guanidine groups is 1. The van der Waals surface area contributed by atoms with Crippen LogP contribution in [-0.2, 0) is 0 Å². The lowest BCUT2D eigenvalue weighted by molar-refractivity contribution is 0.255. The highest BCUT2D eigenvalue weighted by Crippen LogP contribution is 2.21. The molecule has 1 atom stereocenters. The van der Waals surface area contributed by atoms with Crippen LogP contribution in [-0.4, -0.2) is 69.6 Å². The topological polar surface area (TPSA) is 47.3 Å². The molecule has 1 aliphatic heterocycles. The average molecular weight is 373 g/mol. The van der Waals surface area contributed by atoms with Gasteiger partial charge in [0.2, 0.25) is 0 Å². The molecule has 146 valence electrons. The van der Waals surface area contributed by atoms with Crippen LogP contribution >= 0.6 is 0 Å². The molecule has 1 aliphatic rings. The van der Waals surface area contributed by atoms with E-state index in [1.54, 1.807) is 19.4 Å². The van der Waals surface area contributed by atoms with Crippen molar-refractivity contribution in [1.29, 1.82) is 0 Å². The van der Waals surface area contributed by atoms with Crippen molar-refractivity contribution in [1.82, 2.24) is 15.1 Å². The molecule has 6 nitrogen and oxygen atoms in total. The molecule has 27 heavy (non-hydrogen) atoms. The molecule has 1 N–H and O–H groups in total. The summed E-state index contributed by atoms with van der Waals surface area (Å²) < 4.78 is 19.6. The molecule has 1 fully saturated rings. The van der Waals surface area contributed by atoms with Gasteiger partial charge in [-0.2, -0.15) is 0 Å². The fraction of sp³-hybridized carbons (Fsp3) is 0.450. The second-order valence-corrected chi connectivity index (χ2v) is 6.85. The van der Waals surface area contributed by atoms with Crippen LogP contribution in [0.5, 0.6) is 0 Å². The molecule has 0 bridgehead atoms. The summed E-state index contributed by atoms with van der Waals surface area (Å²) >= 11 is 0. The number of anilines is 1. The highest BCUT2D eigenvalue weighted by atomic mass is 19.1. The highest BCUT2D eigenvalue weighted by Gasteiger charge is 2.23. The van der Waals surface area contributed by atoms with Crippen LogP contribution in [0.2, 0.25) is 0 Å². The lowest BCUT2D eigenvalue weighted by atomic mass is 10.2. The van der Waals surface area contributed by atoms with Crippen molar-refractivity contribution in [2.75, 3.05) is 58.8 Å². The number of halogens is 1. The molecule has 0 spiro atoms. The molecule has 1 aromatic carbocycles. The summed E-state index contributed by atoms with van der Waals surface area (Å²) in [6, 6.07) is 11.0. The molecule has 7 heteroatoms. The van der Waals surface area contributed by atoms with E-state index in [0.717, 1.165) is 37.9 Å². The standard InChI is InChI=1S/C20H28FN5O/c1-22-20(23-15-18(24(2)3)19-9-6-14-27-19)26-12-10-25(11-13-26)17-8-5-4-7-16(17)21/h4-9,14,18H,10-13,15H2,1-3H3,(H,22,23). The van der Waals surface area contributed by atoms with Gasteiger partial charge in [-0.3, -0.25) is 9.89 Å². The van der Waals surface area contributed by atoms with Crippen LogP contribution in [0.4, 0.5) is 10.1 Å². The van der Waals surface area contributed by atoms with E-state index < -0.39 is 0 Å². The Labute approximate surface area is 160 Å². The van der Waals surface area contributed by atoms with Crippen LogP contribution < -0.4 is 10.2 Å². The minimum Gasteiger partial charge on any atom is -0.468 e. The van der Waals surface area contributed by atoms with Gasteiger partial charge >= 0.3 is 0 Å². The maximum atomic E-state index is 14.0. The maximum absolute atomic E-state index is 14.0. The van der Waals surface area contributed by atoms with Crippen LogP contribution in [0.25, 0.3) is 0 Å². The number of likely N-dealkylation sites (N-methyl/N-ethyl adjacent to an activating group) is 1. The molecule has 1 unspecified atom stereocenters. The fourth-order valence-corrected chi connectivity index (χ4v) is 3.41. The molecule has 0 saturated carbocycles. The lowest BCUT2D eigenvalue weighted by Gasteiger charge is -2.38. The van der Waals surface area contributed by atoms with Gasteiger partial charge in [0.25, 0.3) is 0 Å². The van der Waals surface area contributed by atoms with Crippen LogP contribution in [0.3, 0.4) is 0 Å². The number of para-hydroxylation sites is 1. The molecule has 2 aromatic rings. The van der Waals surface area contributed by atoms with E-state index in [1.807, 2.05) is 38.4 Å². The van der Waals surface area contributed by atoms with Crippen molar-refractivity contribution in [2.24, 2.45) is 4.99 Å². The molecule has 3 rings (SSSR count). The second-order valence-electron chi connectivity index (χ2n) is 6.85. The molecule has 1 saturated heterocycles. The molecule has 0 amide bonds. The predicted molar refractivity (Wildman–Crippen MR) is 107 cm³/mol. The first kappa shape index (κ1) is 19.2. The quantitative estimate of drug-likeness (QED) is 0.644. The normalized spacial score (nSPS) is 16.7. The zero-order valence-electron chi connectivity index (χ0n) is 16.2. The lowest BCUT2D eigenvalue weighted by Crippen LogP contribution is -2.53. The number of rotatable bonds is 5. The zero-order chi connectivity index (χ0) is 19.2. The van der Waals surface area contributed by atoms with E-state index in [-0.39, 0.29) is 11.9 Å². The second kappa shape index (κ2) is 8.90. The van der Waals surface area contributed by atoms with Crippen molar-refractivity contribution < 1.29 is 8.81 Å². The molecule has 0 radical (unpaired) electrons. The summed E-state index contributed by atoms with van der Waals surface area (Å²) in [6.07, 6.45) is 1.70. The van der Waals surface area contributed by atoms with E-state index in [9.17, 15) is 4.39 Å². The van der Waals surface area contributed by atoms with Gasteiger partial charge in [0.1, 0.15) is 11.6 Å². The third-order valence-electron chi connectivity index (χ3n) is 4.93. The van der Waals surface area contributed by atoms with Gasteiger partial charge in [-0.15, -0.1) is 0 Å². The number of nitrogens with one attached hydrogen (secondary N) is 1. The highest BCUT2D eigenvalue weighted by molar-refractivity contribution is 5.80. The monoisotopic (exact) mass is 373 g/mol. The van der Waals surface area contributed by atoms with Crippen molar-refractivity contribution >= 4 is 11.6 Å².